The normalized spacial score (nSPS) is 7.81. The first-order valence-corrected chi connectivity index (χ1v) is 17.8. The standard InChI is InChI=1S/4C4H6O5.4C2HO3.7Zr/c4*5-3(6)1-9-2-4(7)8;4*3-1-2(4)5;;;;;;;/h4*1-2H2,(H,5,6)(H,7,8);4*(H,4,5);;;;;;;/q;;;;;;;;;;;;3*+4/p-12. The SMILES string of the molecule is O=C([O-])COCC(=O)[O-].O=C([O-])COCC(=O)[O-].O=C([O-])COCC(=O)[O-].O=C([O-])COCC(=O)[O-].O=C([O-])[C](=O)[Zr].O=C([O-])[C](=O)[Zr].O=C([O-])[C](=O)[Zr].O=C([O-])[C](=O)[Zr].[Zr+4].[Zr+4].[Zr+4]. The van der Waals surface area contributed by atoms with E-state index in [2.05, 4.69) is 18.9 Å². The topological polar surface area (TPSA) is 587 Å². The van der Waals surface area contributed by atoms with Gasteiger partial charge in [0.25, 0.3) is 0 Å². The fourth-order valence-electron chi connectivity index (χ4n) is 0.871. The van der Waals surface area contributed by atoms with Gasteiger partial charge in [0.2, 0.25) is 0 Å². The van der Waals surface area contributed by atoms with Crippen LogP contribution in [0.25, 0.3) is 0 Å². The second-order valence-electron chi connectivity index (χ2n) is 7.41. The van der Waals surface area contributed by atoms with E-state index in [0.717, 1.165) is 0 Å². The van der Waals surface area contributed by atoms with E-state index in [1.165, 1.54) is 0 Å². The third-order valence-corrected chi connectivity index (χ3v) is 4.51. The molecule has 0 unspecified atom stereocenters. The van der Waals surface area contributed by atoms with Crippen LogP contribution in [0.5, 0.6) is 0 Å². The predicted octanol–water partition coefficient (Wildman–Crippen LogP) is -22.8. The van der Waals surface area contributed by atoms with E-state index in [-0.39, 0.29) is 78.6 Å². The molecule has 0 amide bonds. The Bertz CT molecular complexity index is 1160. The average Bonchev–Trinajstić information content (AvgIpc) is 3.05. The van der Waals surface area contributed by atoms with Crippen LogP contribution in [0, 0.1) is 0 Å². The molecule has 32 nitrogen and oxygen atoms in total. The van der Waals surface area contributed by atoms with Gasteiger partial charge in [0.05, 0.1) is 101 Å². The molecule has 0 bridgehead atoms. The van der Waals surface area contributed by atoms with E-state index >= 15 is 0 Å². The first-order valence-electron chi connectivity index (χ1n) is 12.9. The van der Waals surface area contributed by atoms with E-state index in [9.17, 15) is 138 Å². The first kappa shape index (κ1) is 88.1. The summed E-state index contributed by atoms with van der Waals surface area (Å²) < 4.78 is 12.7. The summed E-state index contributed by atoms with van der Waals surface area (Å²) in [6.07, 6.45) is 0. The maximum absolute atomic E-state index is 9.53. The van der Waals surface area contributed by atoms with Crippen LogP contribution in [0.1, 0.15) is 0 Å². The van der Waals surface area contributed by atoms with E-state index in [1.807, 2.05) is 0 Å². The number of ether oxygens (including phenoxy) is 4. The molecule has 0 aromatic rings. The van der Waals surface area contributed by atoms with Crippen LogP contribution in [0.3, 0.4) is 0 Å². The van der Waals surface area contributed by atoms with Crippen LogP contribution < -0.4 is 61.3 Å². The maximum atomic E-state index is 9.53. The molecule has 0 heterocycles. The second kappa shape index (κ2) is 62.4. The molecule has 0 saturated carbocycles. The summed E-state index contributed by atoms with van der Waals surface area (Å²) in [4.78, 5) is 151. The van der Waals surface area contributed by atoms with Gasteiger partial charge in [-0.2, -0.15) is 0 Å². The van der Waals surface area contributed by atoms with Crippen molar-refractivity contribution >= 4 is 85.6 Å². The maximum Gasteiger partial charge on any atom is 4.00 e. The van der Waals surface area contributed by atoms with Gasteiger partial charge >= 0.3 is 274 Å². The van der Waals surface area contributed by atoms with E-state index < -0.39 is 138 Å². The van der Waals surface area contributed by atoms with Gasteiger partial charge in [0, 0.05) is 0 Å². The Balaban J connectivity index is -0.0000000545. The molecule has 0 aliphatic heterocycles. The van der Waals surface area contributed by atoms with Gasteiger partial charge in [0.15, 0.2) is 0 Å². The fourth-order valence-corrected chi connectivity index (χ4v) is 0.871. The molecule has 39 heteroatoms. The van der Waals surface area contributed by atoms with Crippen LogP contribution in [-0.4, -0.2) is 138 Å². The smallest absolute Gasteiger partial charge is 4.00 e. The molecule has 0 N–H and O–H groups in total. The first-order chi connectivity index (χ1) is 27.1. The largest absolute Gasteiger partial charge is 4.00 e. The van der Waals surface area contributed by atoms with Crippen molar-refractivity contribution in [2.45, 2.75) is 0 Å². The second-order valence-corrected chi connectivity index (χ2v) is 11.9. The van der Waals surface area contributed by atoms with Gasteiger partial charge in [-0.3, -0.25) is 0 Å². The summed E-state index contributed by atoms with van der Waals surface area (Å²) in [6.45, 7) is -5.71. The van der Waals surface area contributed by atoms with E-state index in [0.29, 0.717) is 98.9 Å². The van der Waals surface area contributed by atoms with Crippen LogP contribution >= 0.6 is 0 Å². The van der Waals surface area contributed by atoms with Gasteiger partial charge in [-0.15, -0.1) is 0 Å². The molecule has 0 radical (unpaired) electrons. The predicted molar refractivity (Wildman–Crippen MR) is 123 cm³/mol. The Labute approximate surface area is 466 Å². The number of carbonyl (C=O) groups is 16. The summed E-state index contributed by atoms with van der Waals surface area (Å²) in [6, 6.07) is 0. The van der Waals surface area contributed by atoms with Crippen molar-refractivity contribution in [1.29, 1.82) is 0 Å². The molecule has 0 atom stereocenters. The van der Waals surface area contributed by atoms with Crippen molar-refractivity contribution in [3.05, 3.63) is 0 Å². The van der Waals surface area contributed by atoms with Gasteiger partial charge in [-0.05, 0) is 0 Å². The van der Waals surface area contributed by atoms with Crippen molar-refractivity contribution in [1.82, 2.24) is 0 Å². The molecule has 0 rings (SSSR count). The van der Waals surface area contributed by atoms with Crippen LogP contribution in [0.4, 0.5) is 0 Å². The minimum absolute atomic E-state index is 0. The third-order valence-electron chi connectivity index (χ3n) is 2.50. The zero-order valence-corrected chi connectivity index (χ0v) is 47.4. The molecule has 0 aliphatic carbocycles. The van der Waals surface area contributed by atoms with E-state index in [4.69, 9.17) is 0 Å². The zero-order valence-electron chi connectivity index (χ0n) is 30.2. The molecule has 0 spiro atoms. The zero-order chi connectivity index (χ0) is 49.7. The number of carboxylic acid groups (broad SMARTS) is 12. The molecular weight excluding hydrogens is 1440 g/mol. The fraction of sp³-hybridized carbons (Fsp3) is 0.333. The Morgan fingerprint density at radius 3 is 0.333 bits per heavy atom. The van der Waals surface area contributed by atoms with Gasteiger partial charge < -0.3 is 98.2 Å². The van der Waals surface area contributed by atoms with Gasteiger partial charge in [-0.1, -0.05) is 0 Å². The van der Waals surface area contributed by atoms with Gasteiger partial charge in [-0.25, -0.2) is 0 Å². The third kappa shape index (κ3) is 140. The Morgan fingerprint density at radius 2 is 0.302 bits per heavy atom. The van der Waals surface area contributed by atoms with Crippen molar-refractivity contribution in [3.63, 3.8) is 0 Å². The van der Waals surface area contributed by atoms with Crippen molar-refractivity contribution in [2.24, 2.45) is 0 Å². The molecule has 63 heavy (non-hydrogen) atoms. The molecule has 0 aromatic heterocycles. The monoisotopic (exact) mass is 1450 g/mol. The van der Waals surface area contributed by atoms with Crippen LogP contribution in [0.15, 0.2) is 0 Å². The Hall–Kier alpha value is -1.66. The molecule has 0 fully saturated rings. The summed E-state index contributed by atoms with van der Waals surface area (Å²) in [7, 11) is 0. The summed E-state index contributed by atoms with van der Waals surface area (Å²) in [5, 5.41) is 113. The minimum Gasteiger partial charge on any atom is 4.00 e. The van der Waals surface area contributed by atoms with E-state index in [1.54, 1.807) is 0 Å². The number of carbonyl (C=O) groups excluding carboxylic acids is 16. The van der Waals surface area contributed by atoms with Crippen molar-refractivity contribution in [3.8, 4) is 0 Å². The number of hydrogen-bond acceptors (Lipinski definition) is 32. The number of hydrogen-bond donors (Lipinski definition) is 0. The molecular formula is C24H16O32Zr7. The Morgan fingerprint density at radius 1 is 0.238 bits per heavy atom. The van der Waals surface area contributed by atoms with Gasteiger partial charge in [0.1, 0.15) is 0 Å². The quantitative estimate of drug-likeness (QED) is 0.102. The average molecular weight is 1450 g/mol. The molecule has 0 aliphatic rings. The van der Waals surface area contributed by atoms with Crippen LogP contribution in [0.2, 0.25) is 0 Å². The summed E-state index contributed by atoms with van der Waals surface area (Å²) >= 11 is 1.46. The molecule has 0 aromatic carbocycles. The van der Waals surface area contributed by atoms with Crippen molar-refractivity contribution < 1.29 is 334 Å². The summed E-state index contributed by atoms with van der Waals surface area (Å²) in [5.41, 5.74) is 0. The number of carboxylic acids is 12. The van der Waals surface area contributed by atoms with Crippen LogP contribution in [-0.2, 0) is 273 Å². The number of aliphatic carboxylic acids is 12. The number of rotatable bonds is 20. The molecule has 332 valence electrons. The Kier molecular flexibility index (Phi) is 87.3. The molecule has 0 saturated heterocycles. The van der Waals surface area contributed by atoms with Crippen molar-refractivity contribution in [2.75, 3.05) is 52.9 Å². The summed E-state index contributed by atoms with van der Waals surface area (Å²) in [5.74, 6) is -17.9. The minimum atomic E-state index is -1.59.